The number of rotatable bonds is 8. The number of aliphatic hydroxyl groups is 3. The molecule has 0 bridgehead atoms. The molecule has 0 radical (unpaired) electrons. The molecule has 1 saturated heterocycles. The van der Waals surface area contributed by atoms with Crippen molar-refractivity contribution in [2.75, 3.05) is 17.7 Å². The molecule has 4 rings (SSSR count). The lowest BCUT2D eigenvalue weighted by Crippen LogP contribution is -2.33. The van der Waals surface area contributed by atoms with E-state index in [1.54, 1.807) is 0 Å². The van der Waals surface area contributed by atoms with Crippen LogP contribution in [0, 0.1) is 0 Å². The van der Waals surface area contributed by atoms with Crippen molar-refractivity contribution in [2.45, 2.75) is 62.8 Å². The highest BCUT2D eigenvalue weighted by Gasteiger charge is 2.44. The van der Waals surface area contributed by atoms with Crippen molar-refractivity contribution < 1.29 is 37.8 Å². The van der Waals surface area contributed by atoms with Crippen LogP contribution in [0.5, 0.6) is 0 Å². The van der Waals surface area contributed by atoms with Crippen LogP contribution in [0.2, 0.25) is 0 Å². The molecule has 1 aliphatic heterocycles. The van der Waals surface area contributed by atoms with Gasteiger partial charge in [0.25, 0.3) is 10.1 Å². The van der Waals surface area contributed by atoms with Crippen LogP contribution in [0.3, 0.4) is 0 Å². The fourth-order valence-electron chi connectivity index (χ4n) is 4.10. The fraction of sp³-hybridized carbons (Fsp3) is 0.667. The van der Waals surface area contributed by atoms with E-state index in [2.05, 4.69) is 25.6 Å². The van der Waals surface area contributed by atoms with Gasteiger partial charge >= 0.3 is 0 Å². The number of aliphatic hydroxyl groups excluding tert-OH is 3. The number of anilines is 1. The molecule has 33 heavy (non-hydrogen) atoms. The minimum absolute atomic E-state index is 0.125. The number of amides is 1. The van der Waals surface area contributed by atoms with Gasteiger partial charge in [-0.05, 0) is 12.8 Å². The second-order valence-electron chi connectivity index (χ2n) is 8.17. The smallest absolute Gasteiger partial charge is 0.274 e. The number of hydrogen-bond acceptors (Lipinski definition) is 11. The van der Waals surface area contributed by atoms with Gasteiger partial charge in [-0.1, -0.05) is 12.8 Å². The molecular formula is C18H26N6O8S. The highest BCUT2D eigenvalue weighted by atomic mass is 32.2. The van der Waals surface area contributed by atoms with E-state index < -0.39 is 52.9 Å². The third-order valence-corrected chi connectivity index (χ3v) is 6.34. The molecule has 1 amide bonds. The van der Waals surface area contributed by atoms with Gasteiger partial charge in [0.1, 0.15) is 18.3 Å². The van der Waals surface area contributed by atoms with Gasteiger partial charge in [-0.3, -0.25) is 13.9 Å². The van der Waals surface area contributed by atoms with Crippen LogP contribution < -0.4 is 10.6 Å². The zero-order valence-corrected chi connectivity index (χ0v) is 18.3. The highest BCUT2D eigenvalue weighted by Crippen LogP contribution is 2.33. The molecule has 0 unspecified atom stereocenters. The van der Waals surface area contributed by atoms with Crippen LogP contribution >= 0.6 is 0 Å². The van der Waals surface area contributed by atoms with Crippen molar-refractivity contribution in [3.63, 3.8) is 0 Å². The monoisotopic (exact) mass is 486 g/mol. The standard InChI is InChI=1S/C18H26N6O8S/c25-6-10-14(27)15(28)18(32-10)24-8-20-13-16(21-9-3-1-2-4-9)22-11(23-17(13)24)5-19-12(26)7-33(29,30)31/h8-10,14-15,18,25,27-28H,1-7H2,(H,19,26)(H,21,22,23)(H,29,30,31)/t10-,14-,15-,18-/m1/s1. The summed E-state index contributed by atoms with van der Waals surface area (Å²) in [5.41, 5.74) is 0.631. The molecular weight excluding hydrogens is 460 g/mol. The minimum Gasteiger partial charge on any atom is -0.394 e. The molecule has 14 nitrogen and oxygen atoms in total. The molecule has 182 valence electrons. The number of hydrogen-bond donors (Lipinski definition) is 6. The molecule has 0 aromatic carbocycles. The van der Waals surface area contributed by atoms with Crippen LogP contribution in [-0.2, 0) is 26.2 Å². The molecule has 2 aromatic heterocycles. The van der Waals surface area contributed by atoms with Gasteiger partial charge in [0.05, 0.1) is 19.5 Å². The van der Waals surface area contributed by atoms with E-state index in [4.69, 9.17) is 9.29 Å². The van der Waals surface area contributed by atoms with Gasteiger partial charge in [-0.15, -0.1) is 0 Å². The summed E-state index contributed by atoms with van der Waals surface area (Å²) in [6.07, 6.45) is 0.692. The Morgan fingerprint density at radius 3 is 2.58 bits per heavy atom. The van der Waals surface area contributed by atoms with E-state index in [1.807, 2.05) is 0 Å². The normalized spacial score (nSPS) is 26.2. The Hall–Kier alpha value is -2.43. The topological polar surface area (TPSA) is 209 Å². The molecule has 1 aliphatic carbocycles. The summed E-state index contributed by atoms with van der Waals surface area (Å²) in [7, 11) is -4.48. The average molecular weight is 487 g/mol. The van der Waals surface area contributed by atoms with E-state index in [0.29, 0.717) is 11.3 Å². The highest BCUT2D eigenvalue weighted by molar-refractivity contribution is 7.86. The first-order valence-electron chi connectivity index (χ1n) is 10.5. The summed E-state index contributed by atoms with van der Waals surface area (Å²) < 4.78 is 37.6. The van der Waals surface area contributed by atoms with Gasteiger partial charge in [0.15, 0.2) is 34.8 Å². The number of aromatic nitrogens is 4. The lowest BCUT2D eigenvalue weighted by Gasteiger charge is -2.18. The van der Waals surface area contributed by atoms with Crippen LogP contribution in [0.1, 0.15) is 37.7 Å². The molecule has 1 saturated carbocycles. The van der Waals surface area contributed by atoms with Gasteiger partial charge in [0.2, 0.25) is 5.91 Å². The molecule has 3 heterocycles. The Morgan fingerprint density at radius 2 is 1.94 bits per heavy atom. The van der Waals surface area contributed by atoms with E-state index in [0.717, 1.165) is 25.7 Å². The number of fused-ring (bicyclic) bond motifs is 1. The van der Waals surface area contributed by atoms with E-state index in [-0.39, 0.29) is 24.1 Å². The third kappa shape index (κ3) is 5.23. The summed E-state index contributed by atoms with van der Waals surface area (Å²) in [4.78, 5) is 24.9. The van der Waals surface area contributed by atoms with Gasteiger partial charge in [0, 0.05) is 6.04 Å². The molecule has 0 spiro atoms. The summed E-state index contributed by atoms with van der Waals surface area (Å²) in [5.74, 6) is -1.50. The lowest BCUT2D eigenvalue weighted by molar-refractivity contribution is -0.118. The van der Waals surface area contributed by atoms with Crippen LogP contribution in [-0.4, -0.2) is 90.4 Å². The largest absolute Gasteiger partial charge is 0.394 e. The maximum atomic E-state index is 11.8. The molecule has 2 aliphatic rings. The molecule has 15 heteroatoms. The first kappa shape index (κ1) is 23.7. The Morgan fingerprint density at radius 1 is 1.21 bits per heavy atom. The lowest BCUT2D eigenvalue weighted by atomic mass is 10.1. The maximum Gasteiger partial charge on any atom is 0.274 e. The van der Waals surface area contributed by atoms with Crippen LogP contribution in [0.4, 0.5) is 5.82 Å². The summed E-state index contributed by atoms with van der Waals surface area (Å²) >= 11 is 0. The average Bonchev–Trinajstić information content (AvgIpc) is 3.46. The van der Waals surface area contributed by atoms with E-state index in [1.165, 1.54) is 10.9 Å². The number of imidazole rings is 1. The fourth-order valence-corrected chi connectivity index (χ4v) is 4.53. The van der Waals surface area contributed by atoms with Gasteiger partial charge in [-0.25, -0.2) is 15.0 Å². The quantitative estimate of drug-likeness (QED) is 0.231. The third-order valence-electron chi connectivity index (χ3n) is 5.71. The number of nitrogens with zero attached hydrogens (tertiary/aromatic N) is 4. The van der Waals surface area contributed by atoms with Crippen molar-refractivity contribution in [3.05, 3.63) is 12.2 Å². The number of carbonyl (C=O) groups excluding carboxylic acids is 1. The van der Waals surface area contributed by atoms with E-state index >= 15 is 0 Å². The molecule has 2 aromatic rings. The SMILES string of the molecule is O=C(CS(=O)(=O)O)NCc1nc(NC2CCCC2)c2ncn([C@@H]3O[C@H](CO)[C@@H](O)[C@H]3O)c2n1. The Labute approximate surface area is 188 Å². The predicted molar refractivity (Wildman–Crippen MR) is 112 cm³/mol. The van der Waals surface area contributed by atoms with E-state index in [9.17, 15) is 28.5 Å². The van der Waals surface area contributed by atoms with Gasteiger partial charge in [-0.2, -0.15) is 8.42 Å². The second-order valence-corrected chi connectivity index (χ2v) is 9.62. The minimum atomic E-state index is -4.48. The Bertz CT molecular complexity index is 1120. The number of ether oxygens (including phenoxy) is 1. The second kappa shape index (κ2) is 9.44. The summed E-state index contributed by atoms with van der Waals surface area (Å²) in [5, 5.41) is 35.6. The van der Waals surface area contributed by atoms with Crippen LogP contribution in [0.25, 0.3) is 11.2 Å². The Kier molecular flexibility index (Phi) is 6.78. The summed E-state index contributed by atoms with van der Waals surface area (Å²) in [6, 6.07) is 0.170. The van der Waals surface area contributed by atoms with Gasteiger partial charge < -0.3 is 30.7 Å². The first-order valence-corrected chi connectivity index (χ1v) is 12.1. The first-order chi connectivity index (χ1) is 15.7. The Balaban J connectivity index is 1.66. The molecule has 2 fully saturated rings. The van der Waals surface area contributed by atoms with Crippen molar-refractivity contribution >= 4 is 33.0 Å². The van der Waals surface area contributed by atoms with Crippen molar-refractivity contribution in [2.24, 2.45) is 0 Å². The molecule has 4 atom stereocenters. The zero-order chi connectivity index (χ0) is 23.8. The van der Waals surface area contributed by atoms with Crippen molar-refractivity contribution in [1.82, 2.24) is 24.8 Å². The maximum absolute atomic E-state index is 11.8. The van der Waals surface area contributed by atoms with Crippen molar-refractivity contribution in [1.29, 1.82) is 0 Å². The van der Waals surface area contributed by atoms with Crippen LogP contribution in [0.15, 0.2) is 6.33 Å². The zero-order valence-electron chi connectivity index (χ0n) is 17.5. The molecule has 6 N–H and O–H groups in total. The van der Waals surface area contributed by atoms with Crippen molar-refractivity contribution in [3.8, 4) is 0 Å². The number of nitrogens with one attached hydrogen (secondary N) is 2. The number of carbonyl (C=O) groups is 1. The predicted octanol–water partition coefficient (Wildman–Crippen LogP) is -1.70. The summed E-state index contributed by atoms with van der Waals surface area (Å²) in [6.45, 7) is -0.722.